The highest BCUT2D eigenvalue weighted by Gasteiger charge is 2.27. The lowest BCUT2D eigenvalue weighted by Gasteiger charge is -2.22. The van der Waals surface area contributed by atoms with E-state index >= 15 is 0 Å². The molecule has 0 unspecified atom stereocenters. The Balaban J connectivity index is 2.22. The molecular formula is C19H19Cl2N3O2. The van der Waals surface area contributed by atoms with Crippen LogP contribution < -0.4 is 10.1 Å². The van der Waals surface area contributed by atoms with E-state index in [2.05, 4.69) is 10.4 Å². The highest BCUT2D eigenvalue weighted by atomic mass is 35.5. The van der Waals surface area contributed by atoms with Crippen LogP contribution in [-0.2, 0) is 6.42 Å². The van der Waals surface area contributed by atoms with Crippen LogP contribution in [0.2, 0.25) is 10.0 Å². The SMILES string of the molecule is CNC(=O)N1N=C(c2ccc(Cl)cc2)c2cc(Cl)c(OC)cc2C[C@@H]1C. The number of urea groups is 1. The summed E-state index contributed by atoms with van der Waals surface area (Å²) in [5.74, 6) is 0.599. The number of halogens is 2. The third kappa shape index (κ3) is 3.50. The Labute approximate surface area is 162 Å². The van der Waals surface area contributed by atoms with Gasteiger partial charge in [-0.3, -0.25) is 0 Å². The van der Waals surface area contributed by atoms with Crippen LogP contribution in [0.15, 0.2) is 41.5 Å². The fraction of sp³-hybridized carbons (Fsp3) is 0.263. The minimum atomic E-state index is -0.269. The molecule has 1 aliphatic rings. The van der Waals surface area contributed by atoms with Crippen molar-refractivity contribution < 1.29 is 9.53 Å². The molecule has 1 aliphatic heterocycles. The van der Waals surface area contributed by atoms with E-state index in [1.165, 1.54) is 5.01 Å². The summed E-state index contributed by atoms with van der Waals surface area (Å²) in [4.78, 5) is 12.3. The summed E-state index contributed by atoms with van der Waals surface area (Å²) in [6, 6.07) is 10.7. The zero-order chi connectivity index (χ0) is 18.8. The summed E-state index contributed by atoms with van der Waals surface area (Å²) in [6.07, 6.45) is 0.622. The molecule has 26 heavy (non-hydrogen) atoms. The number of ether oxygens (including phenoxy) is 1. The van der Waals surface area contributed by atoms with E-state index in [1.54, 1.807) is 26.3 Å². The topological polar surface area (TPSA) is 53.9 Å². The minimum Gasteiger partial charge on any atom is -0.495 e. The quantitative estimate of drug-likeness (QED) is 0.827. The van der Waals surface area contributed by atoms with E-state index in [9.17, 15) is 4.79 Å². The van der Waals surface area contributed by atoms with Gasteiger partial charge in [-0.25, -0.2) is 9.80 Å². The van der Waals surface area contributed by atoms with Gasteiger partial charge in [0.1, 0.15) is 5.75 Å². The van der Waals surface area contributed by atoms with Crippen LogP contribution in [-0.4, -0.2) is 37.0 Å². The molecule has 1 heterocycles. The largest absolute Gasteiger partial charge is 0.495 e. The van der Waals surface area contributed by atoms with E-state index < -0.39 is 0 Å². The second-order valence-electron chi connectivity index (χ2n) is 6.05. The molecule has 0 fully saturated rings. The van der Waals surface area contributed by atoms with Gasteiger partial charge in [0.25, 0.3) is 0 Å². The lowest BCUT2D eigenvalue weighted by molar-refractivity contribution is 0.184. The molecule has 5 nitrogen and oxygen atoms in total. The molecule has 0 radical (unpaired) electrons. The molecule has 2 amide bonds. The van der Waals surface area contributed by atoms with E-state index in [1.807, 2.05) is 31.2 Å². The fourth-order valence-corrected chi connectivity index (χ4v) is 3.35. The summed E-state index contributed by atoms with van der Waals surface area (Å²) in [5, 5.41) is 9.89. The molecule has 3 rings (SSSR count). The van der Waals surface area contributed by atoms with Gasteiger partial charge in [0.2, 0.25) is 0 Å². The number of carbonyl (C=O) groups is 1. The van der Waals surface area contributed by atoms with Crippen LogP contribution in [0.5, 0.6) is 5.75 Å². The number of fused-ring (bicyclic) bond motifs is 1. The summed E-state index contributed by atoms with van der Waals surface area (Å²) in [5.41, 5.74) is 3.39. The molecule has 0 saturated heterocycles. The highest BCUT2D eigenvalue weighted by molar-refractivity contribution is 6.33. The van der Waals surface area contributed by atoms with E-state index in [0.29, 0.717) is 27.9 Å². The Hall–Kier alpha value is -2.24. The van der Waals surface area contributed by atoms with Gasteiger partial charge < -0.3 is 10.1 Å². The average molecular weight is 392 g/mol. The molecule has 0 spiro atoms. The third-order valence-electron chi connectivity index (χ3n) is 4.31. The lowest BCUT2D eigenvalue weighted by atomic mass is 9.94. The van der Waals surface area contributed by atoms with Gasteiger partial charge in [0.15, 0.2) is 0 Å². The van der Waals surface area contributed by atoms with Crippen LogP contribution in [0.25, 0.3) is 0 Å². The zero-order valence-corrected chi connectivity index (χ0v) is 16.2. The Bertz CT molecular complexity index is 866. The molecule has 2 aromatic rings. The smallest absolute Gasteiger partial charge is 0.337 e. The summed E-state index contributed by atoms with van der Waals surface area (Å²) >= 11 is 12.4. The maximum absolute atomic E-state index is 12.3. The monoisotopic (exact) mass is 391 g/mol. The first-order chi connectivity index (χ1) is 12.4. The van der Waals surface area contributed by atoms with Crippen molar-refractivity contribution in [3.8, 4) is 5.75 Å². The summed E-state index contributed by atoms with van der Waals surface area (Å²) in [7, 11) is 3.17. The Morgan fingerprint density at radius 3 is 2.58 bits per heavy atom. The number of benzene rings is 2. The Morgan fingerprint density at radius 2 is 1.96 bits per heavy atom. The molecule has 0 bridgehead atoms. The van der Waals surface area contributed by atoms with E-state index in [-0.39, 0.29) is 12.1 Å². The normalized spacial score (nSPS) is 16.4. The number of methoxy groups -OCH3 is 1. The van der Waals surface area contributed by atoms with Gasteiger partial charge in [-0.05, 0) is 43.2 Å². The molecule has 1 atom stereocenters. The number of hydrogen-bond donors (Lipinski definition) is 1. The lowest BCUT2D eigenvalue weighted by Crippen LogP contribution is -2.41. The number of rotatable bonds is 2. The fourth-order valence-electron chi connectivity index (χ4n) is 2.99. The van der Waals surface area contributed by atoms with Crippen molar-refractivity contribution in [3.05, 3.63) is 63.1 Å². The van der Waals surface area contributed by atoms with E-state index in [0.717, 1.165) is 16.7 Å². The van der Waals surface area contributed by atoms with Crippen molar-refractivity contribution in [2.75, 3.05) is 14.2 Å². The van der Waals surface area contributed by atoms with Crippen molar-refractivity contribution in [2.24, 2.45) is 5.10 Å². The molecule has 0 aromatic heterocycles. The molecule has 1 N–H and O–H groups in total. The van der Waals surface area contributed by atoms with E-state index in [4.69, 9.17) is 27.9 Å². The van der Waals surface area contributed by atoms with Crippen LogP contribution in [0.3, 0.4) is 0 Å². The van der Waals surface area contributed by atoms with Gasteiger partial charge in [0, 0.05) is 23.2 Å². The maximum atomic E-state index is 12.3. The maximum Gasteiger partial charge on any atom is 0.337 e. The number of amides is 2. The zero-order valence-electron chi connectivity index (χ0n) is 14.7. The number of nitrogens with zero attached hydrogens (tertiary/aromatic N) is 2. The van der Waals surface area contributed by atoms with Crippen molar-refractivity contribution in [2.45, 2.75) is 19.4 Å². The number of nitrogens with one attached hydrogen (secondary N) is 1. The van der Waals surface area contributed by atoms with Gasteiger partial charge in [-0.1, -0.05) is 35.3 Å². The molecule has 0 aliphatic carbocycles. The van der Waals surface area contributed by atoms with Crippen molar-refractivity contribution in [1.82, 2.24) is 10.3 Å². The predicted octanol–water partition coefficient (Wildman–Crippen LogP) is 4.34. The van der Waals surface area contributed by atoms with Gasteiger partial charge in [0.05, 0.1) is 23.9 Å². The second kappa shape index (κ2) is 7.56. The Morgan fingerprint density at radius 1 is 1.27 bits per heavy atom. The first kappa shape index (κ1) is 18.5. The van der Waals surface area contributed by atoms with Gasteiger partial charge >= 0.3 is 6.03 Å². The predicted molar refractivity (Wildman–Crippen MR) is 105 cm³/mol. The average Bonchev–Trinajstić information content (AvgIpc) is 2.77. The van der Waals surface area contributed by atoms with Crippen molar-refractivity contribution in [1.29, 1.82) is 0 Å². The number of hydrogen-bond acceptors (Lipinski definition) is 3. The molecular weight excluding hydrogens is 373 g/mol. The van der Waals surface area contributed by atoms with Crippen LogP contribution >= 0.6 is 23.2 Å². The summed E-state index contributed by atoms with van der Waals surface area (Å²) in [6.45, 7) is 1.95. The third-order valence-corrected chi connectivity index (χ3v) is 4.86. The van der Waals surface area contributed by atoms with Crippen molar-refractivity contribution in [3.63, 3.8) is 0 Å². The number of hydrazone groups is 1. The molecule has 2 aromatic carbocycles. The Kier molecular flexibility index (Phi) is 5.39. The minimum absolute atomic E-state index is 0.135. The van der Waals surface area contributed by atoms with Crippen LogP contribution in [0.4, 0.5) is 4.79 Å². The van der Waals surface area contributed by atoms with Crippen LogP contribution in [0.1, 0.15) is 23.6 Å². The van der Waals surface area contributed by atoms with Gasteiger partial charge in [-0.2, -0.15) is 5.10 Å². The first-order valence-corrected chi connectivity index (χ1v) is 8.92. The molecule has 0 saturated carbocycles. The van der Waals surface area contributed by atoms with Gasteiger partial charge in [-0.15, -0.1) is 0 Å². The van der Waals surface area contributed by atoms with Crippen LogP contribution in [0, 0.1) is 0 Å². The highest BCUT2D eigenvalue weighted by Crippen LogP contribution is 2.33. The molecule has 7 heteroatoms. The first-order valence-electron chi connectivity index (χ1n) is 8.17. The second-order valence-corrected chi connectivity index (χ2v) is 6.90. The number of carbonyl (C=O) groups excluding carboxylic acids is 1. The molecule has 136 valence electrons. The van der Waals surface area contributed by atoms with Crippen molar-refractivity contribution >= 4 is 34.9 Å². The standard InChI is InChI=1S/C19H19Cl2N3O2/c1-11-8-13-9-17(26-3)16(21)10-15(13)18(23-24(11)19(25)22-2)12-4-6-14(20)7-5-12/h4-7,9-11H,8H2,1-3H3,(H,22,25)/t11-/m0/s1. The summed E-state index contributed by atoms with van der Waals surface area (Å²) < 4.78 is 5.36.